The number of methoxy groups -OCH3 is 1. The third-order valence-corrected chi connectivity index (χ3v) is 4.00. The van der Waals surface area contributed by atoms with Crippen LogP contribution in [0.5, 0.6) is 11.5 Å². The Kier molecular flexibility index (Phi) is 8.43. The van der Waals surface area contributed by atoms with E-state index in [0.717, 1.165) is 17.5 Å². The Morgan fingerprint density at radius 2 is 1.89 bits per heavy atom. The monoisotopic (exact) mass is 367 g/mol. The van der Waals surface area contributed by atoms with Crippen molar-refractivity contribution < 1.29 is 14.3 Å². The molecule has 0 aromatic heterocycles. The Hall–Kier alpha value is -2.75. The number of benzene rings is 2. The average molecular weight is 367 g/mol. The quantitative estimate of drug-likeness (QED) is 0.673. The highest BCUT2D eigenvalue weighted by Gasteiger charge is 2.07. The zero-order chi connectivity index (χ0) is 19.5. The highest BCUT2D eigenvalue weighted by atomic mass is 16.5. The van der Waals surface area contributed by atoms with Crippen molar-refractivity contribution in [1.82, 2.24) is 5.32 Å². The van der Waals surface area contributed by atoms with E-state index in [1.807, 2.05) is 74.5 Å². The van der Waals surface area contributed by atoms with Gasteiger partial charge in [-0.15, -0.1) is 0 Å². The molecule has 0 fully saturated rings. The maximum atomic E-state index is 11.7. The largest absolute Gasteiger partial charge is 0.493 e. The van der Waals surface area contributed by atoms with Gasteiger partial charge in [0, 0.05) is 13.0 Å². The van der Waals surface area contributed by atoms with Crippen molar-refractivity contribution in [2.75, 3.05) is 20.3 Å². The molecule has 0 bridgehead atoms. The zero-order valence-corrected chi connectivity index (χ0v) is 16.4. The molecule has 0 saturated heterocycles. The summed E-state index contributed by atoms with van der Waals surface area (Å²) < 4.78 is 11.3. The third kappa shape index (κ3) is 7.57. The molecule has 0 aliphatic carbocycles. The first-order chi connectivity index (χ1) is 13.1. The molecule has 0 spiro atoms. The molecule has 2 aromatic rings. The molecule has 0 radical (unpaired) electrons. The Balaban J connectivity index is 1.84. The molecule has 1 amide bonds. The highest BCUT2D eigenvalue weighted by Crippen LogP contribution is 2.28. The summed E-state index contributed by atoms with van der Waals surface area (Å²) in [6, 6.07) is 16.0. The lowest BCUT2D eigenvalue weighted by Crippen LogP contribution is -2.26. The number of rotatable bonds is 10. The molecular weight excluding hydrogens is 338 g/mol. The van der Waals surface area contributed by atoms with E-state index in [0.29, 0.717) is 37.0 Å². The lowest BCUT2D eigenvalue weighted by atomic mass is 10.1. The highest BCUT2D eigenvalue weighted by molar-refractivity contribution is 5.76. The van der Waals surface area contributed by atoms with Crippen LogP contribution in [0.15, 0.2) is 54.6 Å². The maximum absolute atomic E-state index is 11.7. The Morgan fingerprint density at radius 1 is 1.11 bits per heavy atom. The molecule has 144 valence electrons. The smallest absolute Gasteiger partial charge is 0.220 e. The summed E-state index contributed by atoms with van der Waals surface area (Å²) in [7, 11) is 1.64. The van der Waals surface area contributed by atoms with E-state index in [1.54, 1.807) is 7.11 Å². The number of nitrogens with one attached hydrogen (secondary N) is 1. The Morgan fingerprint density at radius 3 is 2.59 bits per heavy atom. The fraction of sp³-hybridized carbons (Fsp3) is 0.348. The van der Waals surface area contributed by atoms with Gasteiger partial charge in [-0.2, -0.15) is 0 Å². The first-order valence-corrected chi connectivity index (χ1v) is 9.36. The zero-order valence-electron chi connectivity index (χ0n) is 16.4. The predicted octanol–water partition coefficient (Wildman–Crippen LogP) is 4.49. The van der Waals surface area contributed by atoms with E-state index in [9.17, 15) is 4.79 Å². The van der Waals surface area contributed by atoms with Crippen LogP contribution in [0.4, 0.5) is 0 Å². The number of carbonyl (C=O) groups excluding carboxylic acids is 1. The van der Waals surface area contributed by atoms with E-state index in [-0.39, 0.29) is 5.91 Å². The molecule has 2 aromatic carbocycles. The summed E-state index contributed by atoms with van der Waals surface area (Å²) >= 11 is 0. The van der Waals surface area contributed by atoms with E-state index in [4.69, 9.17) is 9.47 Å². The van der Waals surface area contributed by atoms with Gasteiger partial charge in [-0.3, -0.25) is 4.79 Å². The van der Waals surface area contributed by atoms with Gasteiger partial charge in [-0.25, -0.2) is 0 Å². The standard InChI is InChI=1S/C23H29NO3/c1-18(2)16-23(25)24-14-13-20-11-12-21(22(17-20)26-3)27-15-7-10-19-8-5-4-6-9-19/h4-12,17-18H,13-16H2,1-3H3,(H,24,25). The van der Waals surface area contributed by atoms with Crippen LogP contribution in [0.1, 0.15) is 31.4 Å². The van der Waals surface area contributed by atoms with Gasteiger partial charge in [0.05, 0.1) is 7.11 Å². The van der Waals surface area contributed by atoms with Crippen LogP contribution in [-0.2, 0) is 11.2 Å². The van der Waals surface area contributed by atoms with E-state index in [2.05, 4.69) is 5.32 Å². The minimum absolute atomic E-state index is 0.0992. The minimum atomic E-state index is 0.0992. The van der Waals surface area contributed by atoms with E-state index < -0.39 is 0 Å². The van der Waals surface area contributed by atoms with Crippen LogP contribution in [0.2, 0.25) is 0 Å². The van der Waals surface area contributed by atoms with Gasteiger partial charge in [-0.1, -0.05) is 56.3 Å². The van der Waals surface area contributed by atoms with E-state index >= 15 is 0 Å². The van der Waals surface area contributed by atoms with Crippen molar-refractivity contribution in [3.63, 3.8) is 0 Å². The lowest BCUT2D eigenvalue weighted by Gasteiger charge is -2.12. The van der Waals surface area contributed by atoms with Crippen molar-refractivity contribution in [3.8, 4) is 11.5 Å². The fourth-order valence-corrected chi connectivity index (χ4v) is 2.66. The van der Waals surface area contributed by atoms with Crippen LogP contribution in [0.25, 0.3) is 6.08 Å². The third-order valence-electron chi connectivity index (χ3n) is 4.00. The fourth-order valence-electron chi connectivity index (χ4n) is 2.66. The van der Waals surface area contributed by atoms with Gasteiger partial charge in [-0.05, 0) is 41.7 Å². The van der Waals surface area contributed by atoms with Crippen LogP contribution in [0, 0.1) is 5.92 Å². The normalized spacial score (nSPS) is 11.0. The number of ether oxygens (including phenoxy) is 2. The molecule has 4 nitrogen and oxygen atoms in total. The molecule has 0 atom stereocenters. The maximum Gasteiger partial charge on any atom is 0.220 e. The molecule has 0 heterocycles. The molecule has 0 aliphatic rings. The number of amides is 1. The molecular formula is C23H29NO3. The van der Waals surface area contributed by atoms with Gasteiger partial charge in [0.1, 0.15) is 6.61 Å². The van der Waals surface area contributed by atoms with Crippen molar-refractivity contribution in [2.45, 2.75) is 26.7 Å². The second kappa shape index (κ2) is 11.1. The lowest BCUT2D eigenvalue weighted by molar-refractivity contribution is -0.121. The molecule has 1 N–H and O–H groups in total. The summed E-state index contributed by atoms with van der Waals surface area (Å²) in [5.74, 6) is 1.89. The van der Waals surface area contributed by atoms with Crippen molar-refractivity contribution in [2.24, 2.45) is 5.92 Å². The Bertz CT molecular complexity index is 739. The van der Waals surface area contributed by atoms with Gasteiger partial charge in [0.15, 0.2) is 11.5 Å². The molecule has 0 saturated carbocycles. The molecule has 2 rings (SSSR count). The average Bonchev–Trinajstić information content (AvgIpc) is 2.66. The van der Waals surface area contributed by atoms with E-state index in [1.165, 1.54) is 0 Å². The first-order valence-electron chi connectivity index (χ1n) is 9.36. The van der Waals surface area contributed by atoms with Crippen LogP contribution in [0.3, 0.4) is 0 Å². The molecule has 0 unspecified atom stereocenters. The van der Waals surface area contributed by atoms with Gasteiger partial charge >= 0.3 is 0 Å². The Labute approximate surface area is 162 Å². The van der Waals surface area contributed by atoms with Crippen LogP contribution < -0.4 is 14.8 Å². The predicted molar refractivity (Wildman–Crippen MR) is 110 cm³/mol. The summed E-state index contributed by atoms with van der Waals surface area (Å²) in [6.07, 6.45) is 5.33. The SMILES string of the molecule is COc1cc(CCNC(=O)CC(C)C)ccc1OCC=Cc1ccccc1. The minimum Gasteiger partial charge on any atom is -0.493 e. The summed E-state index contributed by atoms with van der Waals surface area (Å²) in [4.78, 5) is 11.7. The first kappa shape index (κ1) is 20.6. The number of carbonyl (C=O) groups is 1. The van der Waals surface area contributed by atoms with Gasteiger partial charge in [0.25, 0.3) is 0 Å². The van der Waals surface area contributed by atoms with Crippen LogP contribution >= 0.6 is 0 Å². The topological polar surface area (TPSA) is 47.6 Å². The van der Waals surface area contributed by atoms with Crippen LogP contribution in [-0.4, -0.2) is 26.2 Å². The van der Waals surface area contributed by atoms with Gasteiger partial charge < -0.3 is 14.8 Å². The number of hydrogen-bond acceptors (Lipinski definition) is 3. The second-order valence-electron chi connectivity index (χ2n) is 6.81. The van der Waals surface area contributed by atoms with Crippen molar-refractivity contribution in [3.05, 3.63) is 65.7 Å². The van der Waals surface area contributed by atoms with Gasteiger partial charge in [0.2, 0.25) is 5.91 Å². The summed E-state index contributed by atoms with van der Waals surface area (Å²) in [5.41, 5.74) is 2.24. The molecule has 27 heavy (non-hydrogen) atoms. The van der Waals surface area contributed by atoms with Crippen molar-refractivity contribution >= 4 is 12.0 Å². The number of hydrogen-bond donors (Lipinski definition) is 1. The van der Waals surface area contributed by atoms with Crippen molar-refractivity contribution in [1.29, 1.82) is 0 Å². The second-order valence-corrected chi connectivity index (χ2v) is 6.81. The molecule has 0 aliphatic heterocycles. The summed E-state index contributed by atoms with van der Waals surface area (Å²) in [5, 5.41) is 2.95. The molecule has 4 heteroatoms. The summed E-state index contributed by atoms with van der Waals surface area (Å²) in [6.45, 7) is 5.17.